The third-order valence-corrected chi connectivity index (χ3v) is 2.96. The van der Waals surface area contributed by atoms with Crippen molar-refractivity contribution in [1.29, 1.82) is 0 Å². The molecule has 0 saturated heterocycles. The van der Waals surface area contributed by atoms with Gasteiger partial charge in [0.25, 0.3) is 0 Å². The lowest BCUT2D eigenvalue weighted by molar-refractivity contribution is -0.255. The van der Waals surface area contributed by atoms with E-state index >= 15 is 0 Å². The highest BCUT2D eigenvalue weighted by atomic mass is 16.5. The fraction of sp³-hybridized carbons (Fsp3) is 0.0588. The predicted octanol–water partition coefficient (Wildman–Crippen LogP) is 1.87. The molecule has 0 heterocycles. The average Bonchev–Trinajstić information content (AvgIpc) is 2.55. The molecule has 112 valence electrons. The molecular weight excluding hydrogens is 282 g/mol. The molecule has 0 bridgehead atoms. The van der Waals surface area contributed by atoms with Crippen molar-refractivity contribution in [2.75, 3.05) is 12.4 Å². The van der Waals surface area contributed by atoms with E-state index in [0.717, 1.165) is 0 Å². The van der Waals surface area contributed by atoms with E-state index in [1.165, 1.54) is 24.4 Å². The zero-order valence-electron chi connectivity index (χ0n) is 11.9. The quantitative estimate of drug-likeness (QED) is 0.650. The number of carboxylic acids is 1. The standard InChI is InChI=1S/C17H15NO4/c1-22-15-7-5-12(6-8-15)16(19)9-10-18-14-4-2-3-13(11-14)17(20)21/h2-11,18H,1H3,(H,20,21)/p-1/b10-9-. The highest BCUT2D eigenvalue weighted by Gasteiger charge is 2.01. The van der Waals surface area contributed by atoms with E-state index in [9.17, 15) is 14.7 Å². The summed E-state index contributed by atoms with van der Waals surface area (Å²) in [7, 11) is 1.56. The molecule has 0 aliphatic rings. The zero-order valence-corrected chi connectivity index (χ0v) is 11.9. The van der Waals surface area contributed by atoms with Crippen LogP contribution in [0, 0.1) is 0 Å². The smallest absolute Gasteiger partial charge is 0.187 e. The van der Waals surface area contributed by atoms with Crippen LogP contribution < -0.4 is 15.2 Å². The van der Waals surface area contributed by atoms with Gasteiger partial charge in [0.1, 0.15) is 5.75 Å². The highest BCUT2D eigenvalue weighted by Crippen LogP contribution is 2.13. The minimum absolute atomic E-state index is 0.0693. The number of hydrogen-bond donors (Lipinski definition) is 1. The number of allylic oxidation sites excluding steroid dienone is 1. The molecule has 5 nitrogen and oxygen atoms in total. The van der Waals surface area contributed by atoms with Crippen LogP contribution in [0.15, 0.2) is 60.8 Å². The van der Waals surface area contributed by atoms with Gasteiger partial charge in [0.05, 0.1) is 13.1 Å². The Kier molecular flexibility index (Phi) is 4.93. The van der Waals surface area contributed by atoms with E-state index in [1.54, 1.807) is 43.5 Å². The van der Waals surface area contributed by atoms with Crippen LogP contribution in [0.2, 0.25) is 0 Å². The summed E-state index contributed by atoms with van der Waals surface area (Å²) in [5, 5.41) is 13.6. The van der Waals surface area contributed by atoms with Gasteiger partial charge in [-0.15, -0.1) is 0 Å². The van der Waals surface area contributed by atoms with Gasteiger partial charge in [-0.1, -0.05) is 12.1 Å². The Balaban J connectivity index is 2.00. The minimum atomic E-state index is -1.25. The maximum atomic E-state index is 11.9. The number of ether oxygens (including phenoxy) is 1. The van der Waals surface area contributed by atoms with Crippen molar-refractivity contribution < 1.29 is 19.4 Å². The molecule has 0 atom stereocenters. The third-order valence-electron chi connectivity index (χ3n) is 2.96. The first-order chi connectivity index (χ1) is 10.6. The lowest BCUT2D eigenvalue weighted by atomic mass is 10.1. The summed E-state index contributed by atoms with van der Waals surface area (Å²) in [4.78, 5) is 22.7. The van der Waals surface area contributed by atoms with Gasteiger partial charge in [-0.05, 0) is 42.0 Å². The Morgan fingerprint density at radius 3 is 2.45 bits per heavy atom. The topological polar surface area (TPSA) is 78.5 Å². The molecule has 0 spiro atoms. The van der Waals surface area contributed by atoms with E-state index < -0.39 is 5.97 Å². The number of methoxy groups -OCH3 is 1. The van der Waals surface area contributed by atoms with E-state index in [-0.39, 0.29) is 11.3 Å². The van der Waals surface area contributed by atoms with Crippen LogP contribution in [0.3, 0.4) is 0 Å². The fourth-order valence-electron chi connectivity index (χ4n) is 1.80. The van der Waals surface area contributed by atoms with Crippen molar-refractivity contribution >= 4 is 17.4 Å². The summed E-state index contributed by atoms with van der Waals surface area (Å²) >= 11 is 0. The molecule has 0 unspecified atom stereocenters. The number of benzene rings is 2. The summed E-state index contributed by atoms with van der Waals surface area (Å²) < 4.78 is 5.02. The molecule has 22 heavy (non-hydrogen) atoms. The first-order valence-electron chi connectivity index (χ1n) is 6.53. The van der Waals surface area contributed by atoms with Crippen LogP contribution in [0.25, 0.3) is 0 Å². The second-order valence-corrected chi connectivity index (χ2v) is 4.44. The summed E-state index contributed by atoms with van der Waals surface area (Å²) in [5.41, 5.74) is 1.16. The summed E-state index contributed by atoms with van der Waals surface area (Å²) in [6.07, 6.45) is 2.83. The molecule has 0 amide bonds. The van der Waals surface area contributed by atoms with Crippen molar-refractivity contribution in [2.45, 2.75) is 0 Å². The second kappa shape index (κ2) is 7.08. The molecule has 0 radical (unpaired) electrons. The Hall–Kier alpha value is -3.08. The van der Waals surface area contributed by atoms with Crippen molar-refractivity contribution in [3.8, 4) is 5.75 Å². The third kappa shape index (κ3) is 3.96. The molecule has 2 rings (SSSR count). The monoisotopic (exact) mass is 296 g/mol. The maximum absolute atomic E-state index is 11.9. The largest absolute Gasteiger partial charge is 0.545 e. The van der Waals surface area contributed by atoms with Gasteiger partial charge in [0, 0.05) is 23.5 Å². The van der Waals surface area contributed by atoms with E-state index in [0.29, 0.717) is 17.0 Å². The van der Waals surface area contributed by atoms with Gasteiger partial charge in [0.15, 0.2) is 5.78 Å². The lowest BCUT2D eigenvalue weighted by Crippen LogP contribution is -2.22. The average molecular weight is 296 g/mol. The van der Waals surface area contributed by atoms with E-state index in [2.05, 4.69) is 5.32 Å². The predicted molar refractivity (Wildman–Crippen MR) is 80.9 cm³/mol. The highest BCUT2D eigenvalue weighted by molar-refractivity contribution is 6.04. The second-order valence-electron chi connectivity index (χ2n) is 4.44. The van der Waals surface area contributed by atoms with Crippen LogP contribution in [0.4, 0.5) is 5.69 Å². The number of carbonyl (C=O) groups excluding carboxylic acids is 2. The number of ketones is 1. The normalized spacial score (nSPS) is 10.4. The Bertz CT molecular complexity index is 705. The zero-order chi connectivity index (χ0) is 15.9. The number of carbonyl (C=O) groups is 2. The number of nitrogens with one attached hydrogen (secondary N) is 1. The van der Waals surface area contributed by atoms with E-state index in [1.807, 2.05) is 0 Å². The van der Waals surface area contributed by atoms with Crippen molar-refractivity contribution in [3.05, 3.63) is 71.9 Å². The molecule has 5 heteroatoms. The minimum Gasteiger partial charge on any atom is -0.545 e. The van der Waals surface area contributed by atoms with Gasteiger partial charge in [-0.25, -0.2) is 0 Å². The molecule has 0 aliphatic heterocycles. The molecule has 0 saturated carbocycles. The van der Waals surface area contributed by atoms with Crippen LogP contribution in [-0.4, -0.2) is 18.9 Å². The van der Waals surface area contributed by atoms with Gasteiger partial charge in [-0.2, -0.15) is 0 Å². The molecule has 2 aromatic carbocycles. The Morgan fingerprint density at radius 2 is 1.82 bits per heavy atom. The SMILES string of the molecule is COc1ccc(C(=O)/C=C\Nc2cccc(C(=O)[O-])c2)cc1. The van der Waals surface area contributed by atoms with Crippen molar-refractivity contribution in [1.82, 2.24) is 0 Å². The van der Waals surface area contributed by atoms with Gasteiger partial charge < -0.3 is 20.0 Å². The van der Waals surface area contributed by atoms with Crippen molar-refractivity contribution in [2.24, 2.45) is 0 Å². The fourth-order valence-corrected chi connectivity index (χ4v) is 1.80. The molecule has 1 N–H and O–H groups in total. The summed E-state index contributed by atoms with van der Waals surface area (Å²) in [6, 6.07) is 12.9. The van der Waals surface area contributed by atoms with Crippen LogP contribution in [0.1, 0.15) is 20.7 Å². The first-order valence-corrected chi connectivity index (χ1v) is 6.53. The number of rotatable bonds is 6. The van der Waals surface area contributed by atoms with Crippen LogP contribution in [0.5, 0.6) is 5.75 Å². The summed E-state index contributed by atoms with van der Waals surface area (Å²) in [6.45, 7) is 0. The Morgan fingerprint density at radius 1 is 1.09 bits per heavy atom. The number of anilines is 1. The maximum Gasteiger partial charge on any atom is 0.187 e. The van der Waals surface area contributed by atoms with Crippen LogP contribution in [-0.2, 0) is 0 Å². The van der Waals surface area contributed by atoms with Gasteiger partial charge >= 0.3 is 0 Å². The number of carboxylic acid groups (broad SMARTS) is 1. The lowest BCUT2D eigenvalue weighted by Gasteiger charge is -2.05. The number of aromatic carboxylic acids is 1. The Labute approximate surface area is 127 Å². The molecular formula is C17H14NO4-. The van der Waals surface area contributed by atoms with Gasteiger partial charge in [0.2, 0.25) is 0 Å². The van der Waals surface area contributed by atoms with Gasteiger partial charge in [-0.3, -0.25) is 4.79 Å². The number of hydrogen-bond acceptors (Lipinski definition) is 5. The molecule has 0 fully saturated rings. The first kappa shape index (κ1) is 15.3. The van der Waals surface area contributed by atoms with Crippen molar-refractivity contribution in [3.63, 3.8) is 0 Å². The van der Waals surface area contributed by atoms with E-state index in [4.69, 9.17) is 4.74 Å². The molecule has 2 aromatic rings. The molecule has 0 aromatic heterocycles. The molecule has 0 aliphatic carbocycles. The van der Waals surface area contributed by atoms with Crippen LogP contribution >= 0.6 is 0 Å². The summed E-state index contributed by atoms with van der Waals surface area (Å²) in [5.74, 6) is -0.745.